The molecule has 2 aromatic carbocycles. The molecule has 3 aromatic rings. The summed E-state index contributed by atoms with van der Waals surface area (Å²) in [6.45, 7) is 3.14. The summed E-state index contributed by atoms with van der Waals surface area (Å²) in [5.41, 5.74) is 2.58. The maximum atomic E-state index is 12.5. The Labute approximate surface area is 191 Å². The Kier molecular flexibility index (Phi) is 7.07. The second kappa shape index (κ2) is 10.3. The van der Waals surface area contributed by atoms with Gasteiger partial charge in [-0.1, -0.05) is 25.1 Å². The van der Waals surface area contributed by atoms with Crippen molar-refractivity contribution in [3.8, 4) is 11.5 Å². The molecule has 4 rings (SSSR count). The molecule has 0 atom stereocenters. The Morgan fingerprint density at radius 3 is 2.78 bits per heavy atom. The van der Waals surface area contributed by atoms with Crippen LogP contribution in [0.5, 0.6) is 11.5 Å². The van der Waals surface area contributed by atoms with Crippen molar-refractivity contribution in [2.45, 2.75) is 26.2 Å². The minimum absolute atomic E-state index is 0.0103. The fourth-order valence-electron chi connectivity index (χ4n) is 3.54. The smallest absolute Gasteiger partial charge is 0.265 e. The summed E-state index contributed by atoms with van der Waals surface area (Å²) in [4.78, 5) is 27.6. The molecule has 6 nitrogen and oxygen atoms in total. The zero-order valence-corrected chi connectivity index (χ0v) is 18.8. The number of nitrogens with one attached hydrogen (secondary N) is 1. The predicted molar refractivity (Wildman–Crippen MR) is 127 cm³/mol. The SMILES string of the molecule is CCc1ccc(OCCCN2C(=O)COc3ccc(NC(=O)Cc4cccs4)cc32)cc1. The minimum atomic E-state index is -0.105. The summed E-state index contributed by atoms with van der Waals surface area (Å²) in [5.74, 6) is 1.26. The van der Waals surface area contributed by atoms with Gasteiger partial charge in [-0.15, -0.1) is 11.3 Å². The Hall–Kier alpha value is -3.32. The lowest BCUT2D eigenvalue weighted by molar-refractivity contribution is -0.121. The van der Waals surface area contributed by atoms with Crippen molar-refractivity contribution in [3.05, 3.63) is 70.4 Å². The van der Waals surface area contributed by atoms with Crippen LogP contribution < -0.4 is 19.7 Å². The van der Waals surface area contributed by atoms with E-state index in [0.717, 1.165) is 17.0 Å². The fraction of sp³-hybridized carbons (Fsp3) is 0.280. The highest BCUT2D eigenvalue weighted by Crippen LogP contribution is 2.34. The van der Waals surface area contributed by atoms with Crippen molar-refractivity contribution in [3.63, 3.8) is 0 Å². The number of hydrogen-bond acceptors (Lipinski definition) is 5. The summed E-state index contributed by atoms with van der Waals surface area (Å²) < 4.78 is 11.4. The molecule has 0 radical (unpaired) electrons. The first-order valence-corrected chi connectivity index (χ1v) is 11.6. The molecule has 0 spiro atoms. The number of thiophene rings is 1. The highest BCUT2D eigenvalue weighted by Gasteiger charge is 2.25. The van der Waals surface area contributed by atoms with E-state index < -0.39 is 0 Å². The number of benzene rings is 2. The summed E-state index contributed by atoms with van der Waals surface area (Å²) >= 11 is 1.55. The molecular formula is C25H26N2O4S. The van der Waals surface area contributed by atoms with E-state index in [4.69, 9.17) is 9.47 Å². The van der Waals surface area contributed by atoms with Crippen molar-refractivity contribution >= 4 is 34.5 Å². The molecule has 1 N–H and O–H groups in total. The molecule has 0 bridgehead atoms. The van der Waals surface area contributed by atoms with Crippen LogP contribution in [0.1, 0.15) is 23.8 Å². The number of aryl methyl sites for hydroxylation is 1. The topological polar surface area (TPSA) is 67.9 Å². The number of nitrogens with zero attached hydrogens (tertiary/aromatic N) is 1. The summed E-state index contributed by atoms with van der Waals surface area (Å²) in [5, 5.41) is 4.86. The van der Waals surface area contributed by atoms with E-state index in [0.29, 0.717) is 43.1 Å². The van der Waals surface area contributed by atoms with Crippen LogP contribution in [0.4, 0.5) is 11.4 Å². The third kappa shape index (κ3) is 5.48. The van der Waals surface area contributed by atoms with Crippen LogP contribution in [0, 0.1) is 0 Å². The quantitative estimate of drug-likeness (QED) is 0.481. The Morgan fingerprint density at radius 1 is 1.19 bits per heavy atom. The highest BCUT2D eigenvalue weighted by atomic mass is 32.1. The maximum Gasteiger partial charge on any atom is 0.265 e. The number of carbonyl (C=O) groups is 2. The van der Waals surface area contributed by atoms with Crippen molar-refractivity contribution in [1.82, 2.24) is 0 Å². The second-order valence-electron chi connectivity index (χ2n) is 7.52. The molecule has 1 aliphatic heterocycles. The number of amides is 2. The van der Waals surface area contributed by atoms with Gasteiger partial charge in [0.1, 0.15) is 11.5 Å². The number of fused-ring (bicyclic) bond motifs is 1. The Balaban J connectivity index is 1.36. The summed E-state index contributed by atoms with van der Waals surface area (Å²) in [6, 6.07) is 17.3. The van der Waals surface area contributed by atoms with Gasteiger partial charge in [0, 0.05) is 17.1 Å². The first kappa shape index (κ1) is 21.9. The average molecular weight is 451 g/mol. The van der Waals surface area contributed by atoms with Crippen molar-refractivity contribution in [2.24, 2.45) is 0 Å². The summed E-state index contributed by atoms with van der Waals surface area (Å²) in [7, 11) is 0. The monoisotopic (exact) mass is 450 g/mol. The van der Waals surface area contributed by atoms with Gasteiger partial charge in [-0.2, -0.15) is 0 Å². The molecule has 0 fully saturated rings. The molecule has 0 unspecified atom stereocenters. The van der Waals surface area contributed by atoms with Gasteiger partial charge in [0.05, 0.1) is 18.7 Å². The highest BCUT2D eigenvalue weighted by molar-refractivity contribution is 7.10. The number of ether oxygens (including phenoxy) is 2. The van der Waals surface area contributed by atoms with Crippen molar-refractivity contribution < 1.29 is 19.1 Å². The maximum absolute atomic E-state index is 12.5. The van der Waals surface area contributed by atoms with Gasteiger partial charge in [-0.3, -0.25) is 9.59 Å². The van der Waals surface area contributed by atoms with Gasteiger partial charge in [0.25, 0.3) is 5.91 Å². The molecule has 2 heterocycles. The molecule has 7 heteroatoms. The number of anilines is 2. The van der Waals surface area contributed by atoms with Gasteiger partial charge in [-0.05, 0) is 60.2 Å². The van der Waals surface area contributed by atoms with Gasteiger partial charge in [0.15, 0.2) is 6.61 Å². The molecule has 0 saturated carbocycles. The third-order valence-electron chi connectivity index (χ3n) is 5.23. The van der Waals surface area contributed by atoms with Gasteiger partial charge in [-0.25, -0.2) is 0 Å². The molecule has 166 valence electrons. The largest absolute Gasteiger partial charge is 0.494 e. The average Bonchev–Trinajstić information content (AvgIpc) is 3.31. The molecule has 1 aromatic heterocycles. The van der Waals surface area contributed by atoms with Crippen LogP contribution in [0.15, 0.2) is 60.0 Å². The van der Waals surface area contributed by atoms with Crippen LogP contribution >= 0.6 is 11.3 Å². The fourth-order valence-corrected chi connectivity index (χ4v) is 4.24. The first-order chi connectivity index (χ1) is 15.6. The van der Waals surface area contributed by atoms with Crippen LogP contribution in [-0.4, -0.2) is 31.6 Å². The van der Waals surface area contributed by atoms with Gasteiger partial charge < -0.3 is 19.7 Å². The van der Waals surface area contributed by atoms with E-state index in [1.54, 1.807) is 34.4 Å². The molecule has 0 saturated heterocycles. The lowest BCUT2D eigenvalue weighted by Crippen LogP contribution is -2.39. The van der Waals surface area contributed by atoms with Gasteiger partial charge in [0.2, 0.25) is 5.91 Å². The minimum Gasteiger partial charge on any atom is -0.494 e. The first-order valence-electron chi connectivity index (χ1n) is 10.7. The molecule has 0 aliphatic carbocycles. The predicted octanol–water partition coefficient (Wildman–Crippen LogP) is 4.69. The van der Waals surface area contributed by atoms with E-state index in [-0.39, 0.29) is 18.4 Å². The molecule has 2 amide bonds. The van der Waals surface area contributed by atoms with Crippen LogP contribution in [0.2, 0.25) is 0 Å². The van der Waals surface area contributed by atoms with Crippen LogP contribution in [0.25, 0.3) is 0 Å². The van der Waals surface area contributed by atoms with Crippen molar-refractivity contribution in [1.29, 1.82) is 0 Å². The van der Waals surface area contributed by atoms with Gasteiger partial charge >= 0.3 is 0 Å². The van der Waals surface area contributed by atoms with Crippen LogP contribution in [-0.2, 0) is 22.4 Å². The van der Waals surface area contributed by atoms with E-state index >= 15 is 0 Å². The van der Waals surface area contributed by atoms with E-state index in [9.17, 15) is 9.59 Å². The second-order valence-corrected chi connectivity index (χ2v) is 8.55. The number of rotatable bonds is 9. The lowest BCUT2D eigenvalue weighted by atomic mass is 10.2. The van der Waals surface area contributed by atoms with E-state index in [2.05, 4.69) is 24.4 Å². The lowest BCUT2D eigenvalue weighted by Gasteiger charge is -2.30. The zero-order chi connectivity index (χ0) is 22.3. The third-order valence-corrected chi connectivity index (χ3v) is 6.10. The normalized spacial score (nSPS) is 12.8. The Morgan fingerprint density at radius 2 is 2.03 bits per heavy atom. The molecule has 1 aliphatic rings. The summed E-state index contributed by atoms with van der Waals surface area (Å²) in [6.07, 6.45) is 2.00. The standard InChI is InChI=1S/C25H26N2O4S/c1-2-18-6-9-20(10-7-18)30-13-4-12-27-22-15-19(8-11-23(22)31-17-25(27)29)26-24(28)16-21-5-3-14-32-21/h3,5-11,14-15H,2,4,12-13,16-17H2,1H3,(H,26,28). The number of hydrogen-bond donors (Lipinski definition) is 1. The van der Waals surface area contributed by atoms with E-state index in [1.807, 2.05) is 29.6 Å². The zero-order valence-electron chi connectivity index (χ0n) is 18.0. The molecule has 32 heavy (non-hydrogen) atoms. The molecular weight excluding hydrogens is 424 g/mol. The number of carbonyl (C=O) groups excluding carboxylic acids is 2. The van der Waals surface area contributed by atoms with Crippen LogP contribution in [0.3, 0.4) is 0 Å². The van der Waals surface area contributed by atoms with Crippen molar-refractivity contribution in [2.75, 3.05) is 30.0 Å². The van der Waals surface area contributed by atoms with E-state index in [1.165, 1.54) is 5.56 Å². The Bertz CT molecular complexity index is 1060.